The summed E-state index contributed by atoms with van der Waals surface area (Å²) in [5, 5.41) is 0. The zero-order chi connectivity index (χ0) is 10.7. The molecule has 0 bridgehead atoms. The smallest absolute Gasteiger partial charge is 0.0721 e. The van der Waals surface area contributed by atoms with Gasteiger partial charge in [-0.25, -0.2) is 0 Å². The lowest BCUT2D eigenvalue weighted by atomic mass is 9.82. The molecule has 4 atom stereocenters. The molecule has 0 amide bonds. The van der Waals surface area contributed by atoms with Crippen LogP contribution in [0.25, 0.3) is 0 Å². The van der Waals surface area contributed by atoms with Crippen LogP contribution in [0.15, 0.2) is 0 Å². The lowest BCUT2D eigenvalue weighted by molar-refractivity contribution is 0.265. The topological polar surface area (TPSA) is 0 Å². The van der Waals surface area contributed by atoms with E-state index >= 15 is 0 Å². The van der Waals surface area contributed by atoms with Gasteiger partial charge in [-0.15, -0.1) is 0 Å². The minimum atomic E-state index is 0.280. The van der Waals surface area contributed by atoms with Gasteiger partial charge in [0.05, 0.1) is 6.47 Å². The van der Waals surface area contributed by atoms with Crippen molar-refractivity contribution in [1.82, 2.24) is 0 Å². The summed E-state index contributed by atoms with van der Waals surface area (Å²) in [7, 11) is 0. The third-order valence-corrected chi connectivity index (χ3v) is 11.2. The minimum Gasteiger partial charge on any atom is -0.0721 e. The second-order valence-electron chi connectivity index (χ2n) is 5.89. The molecular weight excluding hydrogens is 452 g/mol. The van der Waals surface area contributed by atoms with Gasteiger partial charge in [0.2, 0.25) is 0 Å². The molecule has 4 heteroatoms. The first kappa shape index (κ1) is 10.8. The number of hydrogen-bond acceptors (Lipinski definition) is 0. The van der Waals surface area contributed by atoms with Gasteiger partial charge >= 0.3 is 0 Å². The minimum absolute atomic E-state index is 0.280. The SMILES string of the molecule is BrC1(Br)[C@@H]2C[C@]34CCC[C@]3(C[C@H]21)C4(Br)Br. The number of hydrogen-bond donors (Lipinski definition) is 0. The molecule has 0 spiro atoms. The van der Waals surface area contributed by atoms with E-state index in [0.29, 0.717) is 14.1 Å². The van der Waals surface area contributed by atoms with E-state index < -0.39 is 0 Å². The van der Waals surface area contributed by atoms with Crippen LogP contribution in [-0.2, 0) is 0 Å². The predicted molar refractivity (Wildman–Crippen MR) is 76.1 cm³/mol. The van der Waals surface area contributed by atoms with E-state index in [1.54, 1.807) is 0 Å². The normalized spacial score (nSPS) is 61.6. The first-order valence-electron chi connectivity index (χ1n) is 5.65. The Morgan fingerprint density at radius 1 is 0.800 bits per heavy atom. The Bertz CT molecular complexity index is 334. The molecule has 0 N–H and O–H groups in total. The maximum absolute atomic E-state index is 3.98. The molecule has 0 nitrogen and oxygen atoms in total. The van der Waals surface area contributed by atoms with Crippen LogP contribution in [0.1, 0.15) is 32.1 Å². The predicted octanol–water partition coefficient (Wildman–Crippen LogP) is 5.17. The van der Waals surface area contributed by atoms with Crippen molar-refractivity contribution in [1.29, 1.82) is 0 Å². The maximum Gasteiger partial charge on any atom is 0.0929 e. The molecule has 4 fully saturated rings. The molecule has 0 aromatic carbocycles. The lowest BCUT2D eigenvalue weighted by Crippen LogP contribution is -2.14. The van der Waals surface area contributed by atoms with E-state index in [2.05, 4.69) is 63.7 Å². The molecule has 0 unspecified atom stereocenters. The van der Waals surface area contributed by atoms with Crippen molar-refractivity contribution in [3.8, 4) is 0 Å². The highest BCUT2D eigenvalue weighted by Crippen LogP contribution is 2.95. The summed E-state index contributed by atoms with van der Waals surface area (Å²) in [6, 6.07) is 0. The Kier molecular flexibility index (Phi) is 1.87. The van der Waals surface area contributed by atoms with Crippen LogP contribution < -0.4 is 0 Å². The van der Waals surface area contributed by atoms with Crippen LogP contribution in [-0.4, -0.2) is 6.47 Å². The number of fused-ring (bicyclic) bond motifs is 1. The molecule has 0 heterocycles. The molecule has 4 saturated carbocycles. The van der Waals surface area contributed by atoms with E-state index in [1.807, 2.05) is 0 Å². The molecule has 0 radical (unpaired) electrons. The number of alkyl halides is 4. The molecule has 4 aliphatic carbocycles. The summed E-state index contributed by atoms with van der Waals surface area (Å²) in [5.74, 6) is 1.72. The summed E-state index contributed by atoms with van der Waals surface area (Å²) < 4.78 is 0.572. The first-order valence-corrected chi connectivity index (χ1v) is 8.82. The van der Waals surface area contributed by atoms with Crippen molar-refractivity contribution in [3.05, 3.63) is 0 Å². The lowest BCUT2D eigenvalue weighted by Gasteiger charge is -2.21. The molecule has 4 rings (SSSR count). The van der Waals surface area contributed by atoms with E-state index in [1.165, 1.54) is 32.1 Å². The van der Waals surface area contributed by atoms with Crippen molar-refractivity contribution >= 4 is 63.7 Å². The molecule has 4 aliphatic rings. The molecule has 0 aromatic rings. The summed E-state index contributed by atoms with van der Waals surface area (Å²) in [4.78, 5) is 0. The van der Waals surface area contributed by atoms with Gasteiger partial charge < -0.3 is 0 Å². The highest BCUT2D eigenvalue weighted by atomic mass is 79.9. The summed E-state index contributed by atoms with van der Waals surface area (Å²) >= 11 is 15.7. The fourth-order valence-corrected chi connectivity index (χ4v) is 9.26. The van der Waals surface area contributed by atoms with Gasteiger partial charge in [-0.2, -0.15) is 0 Å². The fourth-order valence-electron chi connectivity index (χ4n) is 4.85. The molecule has 0 aliphatic heterocycles. The van der Waals surface area contributed by atoms with Gasteiger partial charge in [0.15, 0.2) is 0 Å². The van der Waals surface area contributed by atoms with Crippen molar-refractivity contribution < 1.29 is 0 Å². The third-order valence-electron chi connectivity index (χ3n) is 5.76. The summed E-state index contributed by atoms with van der Waals surface area (Å²) in [6.07, 6.45) is 7.07. The van der Waals surface area contributed by atoms with Crippen LogP contribution in [0.3, 0.4) is 0 Å². The van der Waals surface area contributed by atoms with Crippen molar-refractivity contribution in [2.45, 2.75) is 38.6 Å². The van der Waals surface area contributed by atoms with Crippen LogP contribution in [0, 0.1) is 22.7 Å². The van der Waals surface area contributed by atoms with Crippen LogP contribution in [0.4, 0.5) is 0 Å². The van der Waals surface area contributed by atoms with Gasteiger partial charge in [0, 0.05) is 10.8 Å². The molecular formula is C11H12Br4. The van der Waals surface area contributed by atoms with Crippen molar-refractivity contribution in [3.63, 3.8) is 0 Å². The second-order valence-corrected chi connectivity index (χ2v) is 13.0. The molecule has 0 saturated heterocycles. The van der Waals surface area contributed by atoms with E-state index in [9.17, 15) is 0 Å². The monoisotopic (exact) mass is 460 g/mol. The average molecular weight is 464 g/mol. The van der Waals surface area contributed by atoms with Gasteiger partial charge in [-0.1, -0.05) is 70.1 Å². The number of rotatable bonds is 0. The summed E-state index contributed by atoms with van der Waals surface area (Å²) in [5.41, 5.74) is 1.15. The van der Waals surface area contributed by atoms with Gasteiger partial charge in [0.1, 0.15) is 0 Å². The van der Waals surface area contributed by atoms with Gasteiger partial charge in [-0.05, 0) is 37.5 Å². The van der Waals surface area contributed by atoms with Crippen molar-refractivity contribution in [2.24, 2.45) is 22.7 Å². The van der Waals surface area contributed by atoms with Crippen LogP contribution in [0.5, 0.6) is 0 Å². The Labute approximate surface area is 124 Å². The van der Waals surface area contributed by atoms with E-state index in [-0.39, 0.29) is 3.23 Å². The quantitative estimate of drug-likeness (QED) is 0.435. The Hall–Kier alpha value is 1.92. The van der Waals surface area contributed by atoms with Gasteiger partial charge in [-0.3, -0.25) is 0 Å². The van der Waals surface area contributed by atoms with Gasteiger partial charge in [0.25, 0.3) is 0 Å². The zero-order valence-corrected chi connectivity index (χ0v) is 14.5. The standard InChI is InChI=1S/C11H12Br4/c12-10(13)6-4-8-2-1-3-9(8,5-7(6)10)11(8,14)15/h6-7H,1-5H2/t6-,7-,8-,9-/m1/s1. The van der Waals surface area contributed by atoms with Crippen molar-refractivity contribution in [2.75, 3.05) is 0 Å². The highest BCUT2D eigenvalue weighted by molar-refractivity contribution is 9.26. The third kappa shape index (κ3) is 0.889. The zero-order valence-electron chi connectivity index (χ0n) is 8.20. The summed E-state index contributed by atoms with van der Waals surface area (Å²) in [6.45, 7) is 0. The number of halogens is 4. The molecule has 15 heavy (non-hydrogen) atoms. The van der Waals surface area contributed by atoms with E-state index in [4.69, 9.17) is 0 Å². The first-order chi connectivity index (χ1) is 6.89. The van der Waals surface area contributed by atoms with Crippen LogP contribution in [0.2, 0.25) is 0 Å². The molecule has 84 valence electrons. The highest BCUT2D eigenvalue weighted by Gasteiger charge is 2.91. The average Bonchev–Trinajstić information content (AvgIpc) is 2.72. The fraction of sp³-hybridized carbons (Fsp3) is 1.00. The Morgan fingerprint density at radius 2 is 1.27 bits per heavy atom. The Balaban J connectivity index is 1.77. The maximum atomic E-state index is 3.98. The second kappa shape index (κ2) is 2.60. The Morgan fingerprint density at radius 3 is 1.73 bits per heavy atom. The van der Waals surface area contributed by atoms with E-state index in [0.717, 1.165) is 11.8 Å². The largest absolute Gasteiger partial charge is 0.0929 e. The molecule has 0 aromatic heterocycles. The van der Waals surface area contributed by atoms with Crippen LogP contribution >= 0.6 is 63.7 Å².